The van der Waals surface area contributed by atoms with E-state index in [0.717, 1.165) is 24.6 Å². The van der Waals surface area contributed by atoms with E-state index in [-0.39, 0.29) is 18.2 Å². The van der Waals surface area contributed by atoms with Crippen molar-refractivity contribution in [3.63, 3.8) is 0 Å². The zero-order valence-electron chi connectivity index (χ0n) is 15.1. The van der Waals surface area contributed by atoms with Crippen molar-refractivity contribution in [2.75, 3.05) is 23.3 Å². The van der Waals surface area contributed by atoms with Crippen LogP contribution in [0.4, 0.5) is 16.3 Å². The second kappa shape index (κ2) is 6.83. The van der Waals surface area contributed by atoms with E-state index in [4.69, 9.17) is 4.74 Å². The van der Waals surface area contributed by atoms with Gasteiger partial charge in [0.15, 0.2) is 0 Å². The molecule has 2 atom stereocenters. The highest BCUT2D eigenvalue weighted by atomic mass is 16.5. The summed E-state index contributed by atoms with van der Waals surface area (Å²) in [6, 6.07) is 4.16. The highest BCUT2D eigenvalue weighted by Crippen LogP contribution is 2.44. The molecule has 1 aliphatic heterocycles. The molecular formula is C19H28N4O2. The van der Waals surface area contributed by atoms with E-state index in [0.29, 0.717) is 17.9 Å². The third-order valence-electron chi connectivity index (χ3n) is 5.31. The molecule has 6 nitrogen and oxygen atoms in total. The van der Waals surface area contributed by atoms with Crippen LogP contribution in [0.15, 0.2) is 18.3 Å². The Morgan fingerprint density at radius 2 is 1.80 bits per heavy atom. The van der Waals surface area contributed by atoms with Crippen molar-refractivity contribution < 1.29 is 9.53 Å². The number of carbonyl (C=O) groups is 1. The van der Waals surface area contributed by atoms with Crippen LogP contribution in [0.2, 0.25) is 0 Å². The molecule has 1 aromatic heterocycles. The van der Waals surface area contributed by atoms with Crippen molar-refractivity contribution in [3.05, 3.63) is 18.3 Å². The second-order valence-electron chi connectivity index (χ2n) is 7.87. The first-order valence-electron chi connectivity index (χ1n) is 9.52. The minimum Gasteiger partial charge on any atom is -0.372 e. The molecule has 0 aromatic carbocycles. The van der Waals surface area contributed by atoms with E-state index >= 15 is 0 Å². The topological polar surface area (TPSA) is 66.5 Å². The fraction of sp³-hybridized carbons (Fsp3) is 0.684. The van der Waals surface area contributed by atoms with Crippen molar-refractivity contribution in [3.8, 4) is 0 Å². The fourth-order valence-corrected chi connectivity index (χ4v) is 3.86. The first-order chi connectivity index (χ1) is 12.1. The molecule has 0 spiro atoms. The molecule has 25 heavy (non-hydrogen) atoms. The quantitative estimate of drug-likeness (QED) is 0.862. The Kier molecular flexibility index (Phi) is 4.54. The van der Waals surface area contributed by atoms with Crippen LogP contribution < -0.4 is 15.5 Å². The summed E-state index contributed by atoms with van der Waals surface area (Å²) >= 11 is 0. The fourth-order valence-electron chi connectivity index (χ4n) is 3.86. The summed E-state index contributed by atoms with van der Waals surface area (Å²) in [5.74, 6) is 2.33. The number of aromatic nitrogens is 1. The number of rotatable bonds is 5. The van der Waals surface area contributed by atoms with Gasteiger partial charge in [-0.3, -0.25) is 0 Å². The number of nitrogens with zero attached hydrogens (tertiary/aromatic N) is 2. The molecule has 3 fully saturated rings. The van der Waals surface area contributed by atoms with E-state index in [1.165, 1.54) is 25.7 Å². The maximum atomic E-state index is 12.3. The number of hydrogen-bond donors (Lipinski definition) is 2. The lowest BCUT2D eigenvalue weighted by molar-refractivity contribution is -0.00545. The summed E-state index contributed by atoms with van der Waals surface area (Å²) in [4.78, 5) is 19.0. The van der Waals surface area contributed by atoms with E-state index in [2.05, 4.69) is 34.4 Å². The summed E-state index contributed by atoms with van der Waals surface area (Å²) in [5.41, 5.74) is 0.737. The first kappa shape index (κ1) is 16.6. The largest absolute Gasteiger partial charge is 0.372 e. The Bertz CT molecular complexity index is 590. The van der Waals surface area contributed by atoms with Crippen LogP contribution in [0.25, 0.3) is 0 Å². The predicted molar refractivity (Wildman–Crippen MR) is 97.8 cm³/mol. The van der Waals surface area contributed by atoms with Gasteiger partial charge in [-0.25, -0.2) is 9.78 Å². The van der Waals surface area contributed by atoms with Crippen LogP contribution in [0.1, 0.15) is 39.5 Å². The molecule has 2 heterocycles. The number of ether oxygens (including phenoxy) is 1. The lowest BCUT2D eigenvalue weighted by atomic mass is 10.1. The Hall–Kier alpha value is -1.82. The Balaban J connectivity index is 1.33. The molecule has 6 heteroatoms. The van der Waals surface area contributed by atoms with Gasteiger partial charge in [0.1, 0.15) is 5.82 Å². The lowest BCUT2D eigenvalue weighted by Crippen LogP contribution is -2.45. The number of amides is 2. The van der Waals surface area contributed by atoms with Gasteiger partial charge in [0.25, 0.3) is 0 Å². The van der Waals surface area contributed by atoms with Crippen LogP contribution in [0, 0.1) is 11.8 Å². The molecule has 1 saturated heterocycles. The molecule has 0 radical (unpaired) electrons. The molecular weight excluding hydrogens is 316 g/mol. The summed E-state index contributed by atoms with van der Waals surface area (Å²) in [7, 11) is 0. The normalized spacial score (nSPS) is 26.6. The molecule has 3 aliphatic rings. The van der Waals surface area contributed by atoms with Gasteiger partial charge in [-0.1, -0.05) is 0 Å². The number of pyridine rings is 1. The van der Waals surface area contributed by atoms with E-state index in [1.54, 1.807) is 6.20 Å². The van der Waals surface area contributed by atoms with Gasteiger partial charge in [-0.15, -0.1) is 0 Å². The minimum absolute atomic E-state index is 0.105. The van der Waals surface area contributed by atoms with E-state index in [9.17, 15) is 4.79 Å². The molecule has 2 N–H and O–H groups in total. The maximum absolute atomic E-state index is 12.3. The summed E-state index contributed by atoms with van der Waals surface area (Å²) in [6.45, 7) is 5.85. The lowest BCUT2D eigenvalue weighted by Gasteiger charge is -2.36. The van der Waals surface area contributed by atoms with Crippen molar-refractivity contribution >= 4 is 17.5 Å². The molecule has 4 rings (SSSR count). The molecule has 2 aliphatic carbocycles. The molecule has 2 saturated carbocycles. The molecule has 2 amide bonds. The van der Waals surface area contributed by atoms with Gasteiger partial charge >= 0.3 is 6.03 Å². The molecule has 136 valence electrons. The number of morpholine rings is 1. The molecule has 1 aromatic rings. The first-order valence-corrected chi connectivity index (χ1v) is 9.52. The van der Waals surface area contributed by atoms with Gasteiger partial charge in [0.05, 0.1) is 24.1 Å². The third-order valence-corrected chi connectivity index (χ3v) is 5.31. The van der Waals surface area contributed by atoms with Crippen LogP contribution in [0.5, 0.6) is 0 Å². The van der Waals surface area contributed by atoms with Crippen molar-refractivity contribution in [1.29, 1.82) is 0 Å². The van der Waals surface area contributed by atoms with Gasteiger partial charge in [0, 0.05) is 19.1 Å². The number of urea groups is 1. The number of hydrogen-bond acceptors (Lipinski definition) is 4. The highest BCUT2D eigenvalue weighted by molar-refractivity contribution is 5.89. The summed E-state index contributed by atoms with van der Waals surface area (Å²) < 4.78 is 5.77. The number of anilines is 2. The Morgan fingerprint density at radius 3 is 2.32 bits per heavy atom. The molecule has 0 unspecified atom stereocenters. The second-order valence-corrected chi connectivity index (χ2v) is 7.87. The van der Waals surface area contributed by atoms with Gasteiger partial charge in [0.2, 0.25) is 0 Å². The van der Waals surface area contributed by atoms with Crippen molar-refractivity contribution in [2.24, 2.45) is 11.8 Å². The van der Waals surface area contributed by atoms with E-state index in [1.807, 2.05) is 12.1 Å². The average molecular weight is 344 g/mol. The number of nitrogens with one attached hydrogen (secondary N) is 2. The smallest absolute Gasteiger partial charge is 0.319 e. The van der Waals surface area contributed by atoms with E-state index < -0.39 is 0 Å². The average Bonchev–Trinajstić information content (AvgIpc) is 3.46. The predicted octanol–water partition coefficient (Wildman–Crippen LogP) is 3.01. The van der Waals surface area contributed by atoms with Crippen molar-refractivity contribution in [2.45, 2.75) is 57.8 Å². The molecule has 0 bridgehead atoms. The van der Waals surface area contributed by atoms with Crippen LogP contribution in [-0.2, 0) is 4.74 Å². The monoisotopic (exact) mass is 344 g/mol. The minimum atomic E-state index is -0.105. The van der Waals surface area contributed by atoms with Crippen molar-refractivity contribution in [1.82, 2.24) is 10.3 Å². The Labute approximate surface area is 149 Å². The zero-order chi connectivity index (χ0) is 17.4. The van der Waals surface area contributed by atoms with Gasteiger partial charge in [-0.2, -0.15) is 0 Å². The zero-order valence-corrected chi connectivity index (χ0v) is 15.1. The highest BCUT2D eigenvalue weighted by Gasteiger charge is 2.42. The number of carbonyl (C=O) groups excluding carboxylic acids is 1. The third kappa shape index (κ3) is 4.24. The van der Waals surface area contributed by atoms with Gasteiger partial charge < -0.3 is 20.3 Å². The van der Waals surface area contributed by atoms with Crippen LogP contribution in [0.3, 0.4) is 0 Å². The SMILES string of the molecule is C[C@@H]1CN(c2ccc(NC(=O)NC(C3CC3)C3CC3)cn2)C[C@@H](C)O1. The van der Waals surface area contributed by atoms with Gasteiger partial charge in [-0.05, 0) is 63.5 Å². The summed E-state index contributed by atoms with van der Waals surface area (Å²) in [6.07, 6.45) is 7.18. The summed E-state index contributed by atoms with van der Waals surface area (Å²) in [5, 5.41) is 6.10. The Morgan fingerprint density at radius 1 is 1.16 bits per heavy atom. The maximum Gasteiger partial charge on any atom is 0.319 e. The van der Waals surface area contributed by atoms with Crippen LogP contribution in [-0.4, -0.2) is 42.4 Å². The van der Waals surface area contributed by atoms with Crippen LogP contribution >= 0.6 is 0 Å². The standard InChI is InChI=1S/C19H28N4O2/c1-12-10-23(11-13(2)25-12)17-8-7-16(9-20-17)21-19(24)22-18(14-3-4-14)15-5-6-15/h7-9,12-15,18H,3-6,10-11H2,1-2H3,(H2,21,22,24)/t12-,13-/m1/s1.